The molecule has 2 nitrogen and oxygen atoms in total. The molecule has 0 radical (unpaired) electrons. The van der Waals surface area contributed by atoms with E-state index in [1.54, 1.807) is 0 Å². The maximum Gasteiger partial charge on any atom is 0.0917 e. The Morgan fingerprint density at radius 2 is 1.04 bits per heavy atom. The highest BCUT2D eigenvalue weighted by atomic mass is 79.9. The number of fused-ring (bicyclic) bond motifs is 2. The quantitative estimate of drug-likeness (QED) is 0.559. The summed E-state index contributed by atoms with van der Waals surface area (Å²) in [6.07, 6.45) is 3.55. The van der Waals surface area contributed by atoms with Crippen molar-refractivity contribution in [1.82, 2.24) is 0 Å². The summed E-state index contributed by atoms with van der Waals surface area (Å²) < 4.78 is 0. The van der Waals surface area contributed by atoms with Gasteiger partial charge in [-0.3, -0.25) is 0 Å². The molecule has 0 unspecified atom stereocenters. The van der Waals surface area contributed by atoms with Crippen LogP contribution < -0.4 is 0 Å². The molecule has 0 heterocycles. The number of aryl methyl sites for hydroxylation is 2. The van der Waals surface area contributed by atoms with E-state index in [0.717, 1.165) is 36.8 Å². The van der Waals surface area contributed by atoms with Gasteiger partial charge in [-0.25, -0.2) is 0 Å². The lowest BCUT2D eigenvalue weighted by Gasteiger charge is -2.25. The molecule has 0 aliphatic heterocycles. The molecular formula is C20H22Br2O2. The van der Waals surface area contributed by atoms with Gasteiger partial charge in [0.2, 0.25) is 0 Å². The first kappa shape index (κ1) is 18.1. The molecule has 0 amide bonds. The van der Waals surface area contributed by atoms with Crippen LogP contribution in [-0.4, -0.2) is 19.9 Å². The molecule has 2 aliphatic rings. The number of hydrogen-bond donors (Lipinski definition) is 2. The second-order valence-electron chi connectivity index (χ2n) is 6.40. The summed E-state index contributed by atoms with van der Waals surface area (Å²) in [5.74, 6) is 0. The first-order valence-electron chi connectivity index (χ1n) is 8.38. The van der Waals surface area contributed by atoms with Gasteiger partial charge in [-0.2, -0.15) is 0 Å². The van der Waals surface area contributed by atoms with E-state index in [1.807, 2.05) is 36.4 Å². The van der Waals surface area contributed by atoms with Crippen LogP contribution in [0.25, 0.3) is 0 Å². The fraction of sp³-hybridized carbons (Fsp3) is 0.400. The Hall–Kier alpha value is -0.680. The first-order chi connectivity index (χ1) is 11.6. The van der Waals surface area contributed by atoms with Crippen LogP contribution in [0.2, 0.25) is 0 Å². The molecule has 4 atom stereocenters. The third-order valence-electron chi connectivity index (χ3n) is 4.81. The van der Waals surface area contributed by atoms with Crippen molar-refractivity contribution < 1.29 is 10.2 Å². The van der Waals surface area contributed by atoms with Gasteiger partial charge in [-0.05, 0) is 47.9 Å². The van der Waals surface area contributed by atoms with E-state index in [1.165, 1.54) is 11.1 Å². The predicted molar refractivity (Wildman–Crippen MR) is 105 cm³/mol. The number of benzene rings is 2. The lowest BCUT2D eigenvalue weighted by molar-refractivity contribution is 0.165. The Labute approximate surface area is 160 Å². The van der Waals surface area contributed by atoms with Crippen molar-refractivity contribution in [2.45, 2.75) is 47.5 Å². The van der Waals surface area contributed by atoms with Crippen LogP contribution in [0.5, 0.6) is 0 Å². The van der Waals surface area contributed by atoms with Crippen molar-refractivity contribution in [3.63, 3.8) is 0 Å². The molecule has 2 N–H and O–H groups in total. The van der Waals surface area contributed by atoms with Crippen LogP contribution in [0.3, 0.4) is 0 Å². The van der Waals surface area contributed by atoms with Gasteiger partial charge >= 0.3 is 0 Å². The number of aliphatic hydroxyl groups is 2. The van der Waals surface area contributed by atoms with Crippen LogP contribution in [0.4, 0.5) is 0 Å². The summed E-state index contributed by atoms with van der Waals surface area (Å²) >= 11 is 6.95. The lowest BCUT2D eigenvalue weighted by atomic mass is 9.89. The van der Waals surface area contributed by atoms with E-state index >= 15 is 0 Å². The Kier molecular flexibility index (Phi) is 6.14. The molecule has 128 valence electrons. The first-order valence-corrected chi connectivity index (χ1v) is 10.2. The number of rotatable bonds is 0. The summed E-state index contributed by atoms with van der Waals surface area (Å²) in [6, 6.07) is 16.2. The molecule has 0 saturated heterocycles. The number of hydrogen-bond acceptors (Lipinski definition) is 2. The molecule has 4 rings (SSSR count). The summed E-state index contributed by atoms with van der Waals surface area (Å²) in [4.78, 5) is 0.458. The molecule has 24 heavy (non-hydrogen) atoms. The van der Waals surface area contributed by atoms with Crippen LogP contribution in [0.1, 0.15) is 47.3 Å². The maximum absolute atomic E-state index is 9.78. The molecule has 2 aromatic rings. The van der Waals surface area contributed by atoms with Gasteiger partial charge < -0.3 is 10.2 Å². The predicted octanol–water partition coefficient (Wildman–Crippen LogP) is 4.86. The molecule has 0 fully saturated rings. The Bertz CT molecular complexity index is 629. The highest BCUT2D eigenvalue weighted by Gasteiger charge is 2.25. The van der Waals surface area contributed by atoms with Crippen molar-refractivity contribution in [2.24, 2.45) is 0 Å². The summed E-state index contributed by atoms with van der Waals surface area (Å²) in [5, 5.41) is 19.6. The zero-order valence-corrected chi connectivity index (χ0v) is 16.6. The molecule has 4 heteroatoms. The van der Waals surface area contributed by atoms with Gasteiger partial charge in [0.15, 0.2) is 0 Å². The van der Waals surface area contributed by atoms with Gasteiger partial charge in [0.25, 0.3) is 0 Å². The third-order valence-corrected chi connectivity index (χ3v) is 6.73. The minimum Gasteiger partial charge on any atom is -0.387 e. The summed E-state index contributed by atoms with van der Waals surface area (Å²) in [5.41, 5.74) is 4.76. The van der Waals surface area contributed by atoms with Crippen molar-refractivity contribution in [3.05, 3.63) is 70.8 Å². The van der Waals surface area contributed by atoms with Crippen LogP contribution in [-0.2, 0) is 12.8 Å². The van der Waals surface area contributed by atoms with E-state index in [9.17, 15) is 10.2 Å². The van der Waals surface area contributed by atoms with Crippen molar-refractivity contribution in [3.8, 4) is 0 Å². The topological polar surface area (TPSA) is 40.5 Å². The highest BCUT2D eigenvalue weighted by Crippen LogP contribution is 2.34. The Morgan fingerprint density at radius 1 is 0.667 bits per heavy atom. The highest BCUT2D eigenvalue weighted by molar-refractivity contribution is 9.09. The molecular weight excluding hydrogens is 432 g/mol. The smallest absolute Gasteiger partial charge is 0.0917 e. The van der Waals surface area contributed by atoms with Crippen molar-refractivity contribution >= 4 is 31.9 Å². The minimum absolute atomic E-state index is 0.229. The summed E-state index contributed by atoms with van der Waals surface area (Å²) in [6.45, 7) is 0. The number of halogens is 2. The van der Waals surface area contributed by atoms with E-state index in [-0.39, 0.29) is 21.9 Å². The minimum atomic E-state index is -0.324. The van der Waals surface area contributed by atoms with E-state index in [2.05, 4.69) is 44.0 Å². The standard InChI is InChI=1S/2C10H11BrO/c2*11-9-6-5-7-3-1-2-4-8(7)10(9)12/h2*1-4,9-10,12H,5-6H2/t2*9-,10-/m00/s1. The number of aliphatic hydroxyl groups excluding tert-OH is 2. The largest absolute Gasteiger partial charge is 0.387 e. The van der Waals surface area contributed by atoms with E-state index in [0.29, 0.717) is 0 Å². The fourth-order valence-electron chi connectivity index (χ4n) is 3.39. The SMILES string of the molecule is O[C@H]1c2ccccc2CC[C@@H]1Br.O[C@H]1c2ccccc2CC[C@@H]1Br. The monoisotopic (exact) mass is 452 g/mol. The molecule has 0 aromatic heterocycles. The van der Waals surface area contributed by atoms with E-state index < -0.39 is 0 Å². The summed E-state index contributed by atoms with van der Waals surface area (Å²) in [7, 11) is 0. The average Bonchev–Trinajstić information content (AvgIpc) is 2.62. The van der Waals surface area contributed by atoms with Gasteiger partial charge in [0, 0.05) is 9.65 Å². The molecule has 2 aromatic carbocycles. The van der Waals surface area contributed by atoms with Crippen molar-refractivity contribution in [2.75, 3.05) is 0 Å². The van der Waals surface area contributed by atoms with Gasteiger partial charge in [-0.15, -0.1) is 0 Å². The lowest BCUT2D eigenvalue weighted by Crippen LogP contribution is -2.19. The normalized spacial score (nSPS) is 28.2. The molecule has 0 saturated carbocycles. The molecule has 0 bridgehead atoms. The van der Waals surface area contributed by atoms with Gasteiger partial charge in [-0.1, -0.05) is 80.4 Å². The van der Waals surface area contributed by atoms with Crippen LogP contribution >= 0.6 is 31.9 Å². The molecule has 0 spiro atoms. The Balaban J connectivity index is 0.000000141. The van der Waals surface area contributed by atoms with Gasteiger partial charge in [0.05, 0.1) is 12.2 Å². The second-order valence-corrected chi connectivity index (χ2v) is 8.75. The molecule has 2 aliphatic carbocycles. The average molecular weight is 454 g/mol. The van der Waals surface area contributed by atoms with Crippen LogP contribution in [0.15, 0.2) is 48.5 Å². The van der Waals surface area contributed by atoms with Crippen LogP contribution in [0, 0.1) is 0 Å². The van der Waals surface area contributed by atoms with E-state index in [4.69, 9.17) is 0 Å². The van der Waals surface area contributed by atoms with Gasteiger partial charge in [0.1, 0.15) is 0 Å². The maximum atomic E-state index is 9.78. The second kappa shape index (κ2) is 8.13. The fourth-order valence-corrected chi connectivity index (χ4v) is 4.42. The third kappa shape index (κ3) is 3.93. The zero-order chi connectivity index (χ0) is 17.1. The zero-order valence-electron chi connectivity index (χ0n) is 13.4. The van der Waals surface area contributed by atoms with Crippen molar-refractivity contribution in [1.29, 1.82) is 0 Å². The Morgan fingerprint density at radius 3 is 1.46 bits per heavy atom. The number of alkyl halides is 2.